The van der Waals surface area contributed by atoms with Crippen LogP contribution in [-0.2, 0) is 16.0 Å². The average molecular weight is 362 g/mol. The molecule has 8 heteroatoms. The topological polar surface area (TPSA) is 74.8 Å². The van der Waals surface area contributed by atoms with Crippen molar-refractivity contribution in [1.29, 1.82) is 0 Å². The highest BCUT2D eigenvalue weighted by Crippen LogP contribution is 2.27. The molecule has 0 unspecified atom stereocenters. The fourth-order valence-electron chi connectivity index (χ4n) is 4.13. The number of urea groups is 1. The van der Waals surface area contributed by atoms with E-state index < -0.39 is 5.54 Å². The van der Waals surface area contributed by atoms with Crippen LogP contribution in [0.15, 0.2) is 18.5 Å². The standard InChI is InChI=1S/C18H23FN4O3/c19-15-6-14(7-20-8-15)5-13-1-3-22(4-2-13)17(25)23-10-18(11-23)12-26-9-16(24)21-18/h6-8,13H,1-5,9-12H2,(H,21,24). The molecule has 0 bridgehead atoms. The lowest BCUT2D eigenvalue weighted by Gasteiger charge is -2.52. The lowest BCUT2D eigenvalue weighted by atomic mass is 9.89. The lowest BCUT2D eigenvalue weighted by Crippen LogP contribution is -2.76. The molecule has 3 saturated heterocycles. The Morgan fingerprint density at radius 1 is 1.31 bits per heavy atom. The number of aromatic nitrogens is 1. The summed E-state index contributed by atoms with van der Waals surface area (Å²) >= 11 is 0. The Labute approximate surface area is 151 Å². The fourth-order valence-corrected chi connectivity index (χ4v) is 4.13. The summed E-state index contributed by atoms with van der Waals surface area (Å²) in [6.45, 7) is 2.99. The van der Waals surface area contributed by atoms with Crippen molar-refractivity contribution >= 4 is 11.9 Å². The van der Waals surface area contributed by atoms with Gasteiger partial charge in [-0.1, -0.05) is 0 Å². The first-order valence-electron chi connectivity index (χ1n) is 9.05. The van der Waals surface area contributed by atoms with Gasteiger partial charge in [-0.3, -0.25) is 9.78 Å². The predicted molar refractivity (Wildman–Crippen MR) is 90.9 cm³/mol. The highest BCUT2D eigenvalue weighted by molar-refractivity contribution is 5.81. The molecular formula is C18H23FN4O3. The van der Waals surface area contributed by atoms with Crippen molar-refractivity contribution < 1.29 is 18.7 Å². The molecule has 1 spiro atoms. The normalized spacial score (nSPS) is 22.9. The molecule has 3 fully saturated rings. The number of nitrogens with zero attached hydrogens (tertiary/aromatic N) is 3. The number of amides is 3. The van der Waals surface area contributed by atoms with Gasteiger partial charge >= 0.3 is 6.03 Å². The zero-order valence-electron chi connectivity index (χ0n) is 14.6. The minimum absolute atomic E-state index is 0.0290. The number of ether oxygens (including phenoxy) is 1. The Morgan fingerprint density at radius 3 is 2.77 bits per heavy atom. The van der Waals surface area contributed by atoms with Crippen molar-refractivity contribution in [3.63, 3.8) is 0 Å². The van der Waals surface area contributed by atoms with Crippen LogP contribution in [0.5, 0.6) is 0 Å². The molecule has 4 rings (SSSR count). The van der Waals surface area contributed by atoms with E-state index in [1.54, 1.807) is 11.1 Å². The molecule has 3 aliphatic rings. The number of hydrogen-bond acceptors (Lipinski definition) is 4. The first kappa shape index (κ1) is 17.2. The Hall–Kier alpha value is -2.22. The van der Waals surface area contributed by atoms with Gasteiger partial charge in [0.2, 0.25) is 5.91 Å². The molecule has 0 aromatic carbocycles. The van der Waals surface area contributed by atoms with Gasteiger partial charge in [0.05, 0.1) is 18.3 Å². The van der Waals surface area contributed by atoms with Crippen molar-refractivity contribution in [2.24, 2.45) is 5.92 Å². The van der Waals surface area contributed by atoms with Crippen LogP contribution >= 0.6 is 0 Å². The van der Waals surface area contributed by atoms with E-state index >= 15 is 0 Å². The van der Waals surface area contributed by atoms with E-state index in [0.717, 1.165) is 24.8 Å². The van der Waals surface area contributed by atoms with E-state index in [1.807, 2.05) is 4.90 Å². The second-order valence-electron chi connectivity index (χ2n) is 7.61. The van der Waals surface area contributed by atoms with Crippen molar-refractivity contribution in [3.8, 4) is 0 Å². The molecule has 0 saturated carbocycles. The first-order valence-corrected chi connectivity index (χ1v) is 9.05. The van der Waals surface area contributed by atoms with Gasteiger partial charge in [0.25, 0.3) is 0 Å². The third kappa shape index (κ3) is 3.51. The summed E-state index contributed by atoms with van der Waals surface area (Å²) in [6.07, 6.45) is 5.52. The maximum Gasteiger partial charge on any atom is 0.320 e. The number of morpholine rings is 1. The van der Waals surface area contributed by atoms with Gasteiger partial charge in [-0.2, -0.15) is 0 Å². The summed E-state index contributed by atoms with van der Waals surface area (Å²) in [7, 11) is 0. The third-order valence-electron chi connectivity index (χ3n) is 5.44. The number of piperidine rings is 1. The van der Waals surface area contributed by atoms with Crippen LogP contribution < -0.4 is 5.32 Å². The summed E-state index contributed by atoms with van der Waals surface area (Å²) < 4.78 is 18.5. The fraction of sp³-hybridized carbons (Fsp3) is 0.611. The molecule has 0 radical (unpaired) electrons. The number of carbonyl (C=O) groups excluding carboxylic acids is 2. The second-order valence-corrected chi connectivity index (χ2v) is 7.61. The van der Waals surface area contributed by atoms with E-state index in [2.05, 4.69) is 10.3 Å². The minimum Gasteiger partial charge on any atom is -0.369 e. The highest BCUT2D eigenvalue weighted by Gasteiger charge is 2.49. The third-order valence-corrected chi connectivity index (χ3v) is 5.44. The highest BCUT2D eigenvalue weighted by atomic mass is 19.1. The van der Waals surface area contributed by atoms with Crippen LogP contribution in [0.3, 0.4) is 0 Å². The molecular weight excluding hydrogens is 339 g/mol. The Bertz CT molecular complexity index is 699. The van der Waals surface area contributed by atoms with E-state index in [9.17, 15) is 14.0 Å². The van der Waals surface area contributed by atoms with Crippen molar-refractivity contribution in [2.45, 2.75) is 24.8 Å². The molecule has 0 aliphatic carbocycles. The summed E-state index contributed by atoms with van der Waals surface area (Å²) in [4.78, 5) is 31.7. The number of nitrogens with one attached hydrogen (secondary N) is 1. The average Bonchev–Trinajstić information content (AvgIpc) is 2.60. The number of pyridine rings is 1. The second kappa shape index (κ2) is 6.83. The summed E-state index contributed by atoms with van der Waals surface area (Å²) in [5.41, 5.74) is 0.515. The summed E-state index contributed by atoms with van der Waals surface area (Å²) in [6, 6.07) is 1.56. The van der Waals surface area contributed by atoms with Crippen LogP contribution in [0.1, 0.15) is 18.4 Å². The van der Waals surface area contributed by atoms with Crippen LogP contribution in [0, 0.1) is 11.7 Å². The number of hydrogen-bond donors (Lipinski definition) is 1. The Morgan fingerprint density at radius 2 is 2.08 bits per heavy atom. The summed E-state index contributed by atoms with van der Waals surface area (Å²) in [5.74, 6) is 0.0213. The van der Waals surface area contributed by atoms with Crippen molar-refractivity contribution in [2.75, 3.05) is 39.4 Å². The Kier molecular flexibility index (Phi) is 4.52. The molecule has 1 N–H and O–H groups in total. The lowest BCUT2D eigenvalue weighted by molar-refractivity contribution is -0.141. The molecule has 4 heterocycles. The number of halogens is 1. The SMILES string of the molecule is O=C1COCC2(CN(C(=O)N3CCC(Cc4cncc(F)c4)CC3)C2)N1. The zero-order chi connectivity index (χ0) is 18.1. The van der Waals surface area contributed by atoms with Crippen LogP contribution in [0.25, 0.3) is 0 Å². The largest absolute Gasteiger partial charge is 0.369 e. The number of likely N-dealkylation sites (tertiary alicyclic amines) is 2. The van der Waals surface area contributed by atoms with Crippen LogP contribution in [-0.4, -0.2) is 71.7 Å². The number of carbonyl (C=O) groups is 2. The van der Waals surface area contributed by atoms with E-state index in [1.165, 1.54) is 12.3 Å². The van der Waals surface area contributed by atoms with E-state index in [0.29, 0.717) is 38.7 Å². The molecule has 1 aromatic rings. The van der Waals surface area contributed by atoms with Crippen LogP contribution in [0.4, 0.5) is 9.18 Å². The maximum absolute atomic E-state index is 13.2. The number of rotatable bonds is 2. The predicted octanol–water partition coefficient (Wildman–Crippen LogP) is 0.796. The smallest absolute Gasteiger partial charge is 0.320 e. The van der Waals surface area contributed by atoms with Gasteiger partial charge < -0.3 is 19.9 Å². The molecule has 3 amide bonds. The zero-order valence-corrected chi connectivity index (χ0v) is 14.6. The van der Waals surface area contributed by atoms with Gasteiger partial charge in [-0.25, -0.2) is 9.18 Å². The van der Waals surface area contributed by atoms with Gasteiger partial charge in [-0.05, 0) is 36.8 Å². The molecule has 140 valence electrons. The summed E-state index contributed by atoms with van der Waals surface area (Å²) in [5, 5.41) is 2.94. The molecule has 26 heavy (non-hydrogen) atoms. The van der Waals surface area contributed by atoms with Gasteiger partial charge in [0.1, 0.15) is 12.4 Å². The maximum atomic E-state index is 13.2. The van der Waals surface area contributed by atoms with Crippen molar-refractivity contribution in [1.82, 2.24) is 20.1 Å². The van der Waals surface area contributed by atoms with E-state index in [4.69, 9.17) is 4.74 Å². The first-order chi connectivity index (χ1) is 12.5. The molecule has 7 nitrogen and oxygen atoms in total. The quantitative estimate of drug-likeness (QED) is 0.844. The van der Waals surface area contributed by atoms with Crippen LogP contribution in [0.2, 0.25) is 0 Å². The van der Waals surface area contributed by atoms with Crippen molar-refractivity contribution in [3.05, 3.63) is 29.8 Å². The van der Waals surface area contributed by atoms with Gasteiger partial charge in [0, 0.05) is 32.4 Å². The van der Waals surface area contributed by atoms with E-state index in [-0.39, 0.29) is 24.4 Å². The Balaban J connectivity index is 1.25. The minimum atomic E-state index is -0.395. The molecule has 1 aromatic heterocycles. The van der Waals surface area contributed by atoms with Gasteiger partial charge in [-0.15, -0.1) is 0 Å². The van der Waals surface area contributed by atoms with Gasteiger partial charge in [0.15, 0.2) is 0 Å². The monoisotopic (exact) mass is 362 g/mol. The molecule has 0 atom stereocenters. The molecule has 3 aliphatic heterocycles.